The molecule has 116 valence electrons. The molecule has 1 aromatic carbocycles. The maximum atomic E-state index is 12.6. The van der Waals surface area contributed by atoms with Crippen LogP contribution in [0.2, 0.25) is 5.02 Å². The predicted molar refractivity (Wildman–Crippen MR) is 86.7 cm³/mol. The molecule has 1 saturated carbocycles. The Morgan fingerprint density at radius 1 is 1.29 bits per heavy atom. The van der Waals surface area contributed by atoms with Gasteiger partial charge in [-0.25, -0.2) is 4.79 Å². The molecule has 0 aliphatic heterocycles. The lowest BCUT2D eigenvalue weighted by Gasteiger charge is -2.44. The van der Waals surface area contributed by atoms with Crippen LogP contribution in [0.1, 0.15) is 46.5 Å². The Kier molecular flexibility index (Phi) is 4.82. The Bertz CT molecular complexity index is 498. The quantitative estimate of drug-likeness (QED) is 0.822. The number of nitrogens with one attached hydrogen (secondary N) is 1. The molecule has 1 aliphatic rings. The molecule has 1 N–H and O–H groups in total. The van der Waals surface area contributed by atoms with E-state index in [2.05, 4.69) is 19.2 Å². The third-order valence-electron chi connectivity index (χ3n) is 4.13. The summed E-state index contributed by atoms with van der Waals surface area (Å²) in [5.74, 6) is -0.146. The third-order valence-corrected chi connectivity index (χ3v) is 4.38. The third kappa shape index (κ3) is 3.91. The maximum absolute atomic E-state index is 12.6. The number of halogens is 1. The SMILES string of the molecule is CCOC(=O)C1(Nc2ccc(Cl)cc2)CCCC(C)(C)C1. The van der Waals surface area contributed by atoms with E-state index in [1.165, 1.54) is 0 Å². The minimum atomic E-state index is -0.633. The molecule has 4 heteroatoms. The molecular weight excluding hydrogens is 286 g/mol. The Hall–Kier alpha value is -1.22. The number of rotatable bonds is 4. The first kappa shape index (κ1) is 16.2. The second-order valence-electron chi connectivity index (χ2n) is 6.63. The van der Waals surface area contributed by atoms with Gasteiger partial charge in [-0.1, -0.05) is 25.4 Å². The molecule has 1 atom stereocenters. The molecule has 0 bridgehead atoms. The largest absolute Gasteiger partial charge is 0.464 e. The molecule has 0 saturated heterocycles. The average molecular weight is 310 g/mol. The van der Waals surface area contributed by atoms with Gasteiger partial charge in [0, 0.05) is 10.7 Å². The van der Waals surface area contributed by atoms with E-state index >= 15 is 0 Å². The van der Waals surface area contributed by atoms with Gasteiger partial charge >= 0.3 is 5.97 Å². The number of benzene rings is 1. The van der Waals surface area contributed by atoms with E-state index in [4.69, 9.17) is 16.3 Å². The van der Waals surface area contributed by atoms with E-state index in [0.29, 0.717) is 11.6 Å². The van der Waals surface area contributed by atoms with Crippen molar-refractivity contribution in [3.63, 3.8) is 0 Å². The predicted octanol–water partition coefficient (Wildman–Crippen LogP) is 4.65. The van der Waals surface area contributed by atoms with Crippen molar-refractivity contribution in [3.8, 4) is 0 Å². The normalized spacial score (nSPS) is 24.4. The molecule has 0 spiro atoms. The van der Waals surface area contributed by atoms with Gasteiger partial charge in [-0.05, 0) is 62.3 Å². The zero-order valence-electron chi connectivity index (χ0n) is 13.0. The Labute approximate surface area is 132 Å². The number of carbonyl (C=O) groups excluding carboxylic acids is 1. The molecule has 1 fully saturated rings. The lowest BCUT2D eigenvalue weighted by Crippen LogP contribution is -2.52. The van der Waals surface area contributed by atoms with Gasteiger partial charge in [-0.2, -0.15) is 0 Å². The van der Waals surface area contributed by atoms with Gasteiger partial charge in [0.05, 0.1) is 6.61 Å². The smallest absolute Gasteiger partial charge is 0.331 e. The summed E-state index contributed by atoms with van der Waals surface area (Å²) in [6.07, 6.45) is 3.74. The molecule has 21 heavy (non-hydrogen) atoms. The zero-order valence-corrected chi connectivity index (χ0v) is 13.8. The van der Waals surface area contributed by atoms with Crippen molar-refractivity contribution in [2.75, 3.05) is 11.9 Å². The second kappa shape index (κ2) is 6.27. The summed E-state index contributed by atoms with van der Waals surface area (Å²) in [6, 6.07) is 7.48. The summed E-state index contributed by atoms with van der Waals surface area (Å²) < 4.78 is 5.35. The average Bonchev–Trinajstić information content (AvgIpc) is 2.40. The first-order valence-electron chi connectivity index (χ1n) is 7.58. The Balaban J connectivity index is 2.27. The minimum Gasteiger partial charge on any atom is -0.464 e. The molecule has 2 rings (SSSR count). The molecule has 1 unspecified atom stereocenters. The van der Waals surface area contributed by atoms with E-state index in [0.717, 1.165) is 31.4 Å². The summed E-state index contributed by atoms with van der Waals surface area (Å²) in [4.78, 5) is 12.6. The number of carbonyl (C=O) groups is 1. The summed E-state index contributed by atoms with van der Waals surface area (Å²) in [6.45, 7) is 6.68. The summed E-state index contributed by atoms with van der Waals surface area (Å²) in [5.41, 5.74) is 0.404. The molecular formula is C17H24ClNO2. The highest BCUT2D eigenvalue weighted by Crippen LogP contribution is 2.43. The molecule has 0 amide bonds. The molecule has 1 aromatic rings. The van der Waals surface area contributed by atoms with Crippen LogP contribution in [0.3, 0.4) is 0 Å². The lowest BCUT2D eigenvalue weighted by molar-refractivity contribution is -0.151. The first-order chi connectivity index (χ1) is 9.87. The minimum absolute atomic E-state index is 0.129. The van der Waals surface area contributed by atoms with E-state index in [1.54, 1.807) is 0 Å². The highest BCUT2D eigenvalue weighted by molar-refractivity contribution is 6.30. The Morgan fingerprint density at radius 2 is 1.95 bits per heavy atom. The number of anilines is 1. The fraction of sp³-hybridized carbons (Fsp3) is 0.588. The molecule has 3 nitrogen and oxygen atoms in total. The van der Waals surface area contributed by atoms with E-state index in [1.807, 2.05) is 31.2 Å². The van der Waals surface area contributed by atoms with Gasteiger partial charge < -0.3 is 10.1 Å². The van der Waals surface area contributed by atoms with Crippen LogP contribution in [0.5, 0.6) is 0 Å². The van der Waals surface area contributed by atoms with Crippen LogP contribution in [0.4, 0.5) is 5.69 Å². The van der Waals surface area contributed by atoms with Gasteiger partial charge in [0.25, 0.3) is 0 Å². The second-order valence-corrected chi connectivity index (χ2v) is 7.07. The van der Waals surface area contributed by atoms with Crippen LogP contribution >= 0.6 is 11.6 Å². The van der Waals surface area contributed by atoms with Crippen LogP contribution < -0.4 is 5.32 Å². The van der Waals surface area contributed by atoms with Crippen LogP contribution in [0, 0.1) is 5.41 Å². The van der Waals surface area contributed by atoms with Gasteiger partial charge in [0.1, 0.15) is 5.54 Å². The maximum Gasteiger partial charge on any atom is 0.331 e. The number of hydrogen-bond acceptors (Lipinski definition) is 3. The van der Waals surface area contributed by atoms with Crippen molar-refractivity contribution in [1.82, 2.24) is 0 Å². The zero-order chi connectivity index (χ0) is 15.5. The first-order valence-corrected chi connectivity index (χ1v) is 7.96. The van der Waals surface area contributed by atoms with Crippen molar-refractivity contribution in [3.05, 3.63) is 29.3 Å². The molecule has 0 heterocycles. The molecule has 0 radical (unpaired) electrons. The number of ether oxygens (including phenoxy) is 1. The summed E-state index contributed by atoms with van der Waals surface area (Å²) in [5, 5.41) is 4.12. The summed E-state index contributed by atoms with van der Waals surface area (Å²) >= 11 is 5.93. The van der Waals surface area contributed by atoms with E-state index in [9.17, 15) is 4.79 Å². The van der Waals surface area contributed by atoms with E-state index < -0.39 is 5.54 Å². The molecule has 0 aromatic heterocycles. The highest BCUT2D eigenvalue weighted by atomic mass is 35.5. The summed E-state index contributed by atoms with van der Waals surface area (Å²) in [7, 11) is 0. The van der Waals surface area contributed by atoms with Crippen molar-refractivity contribution < 1.29 is 9.53 Å². The molecule has 1 aliphatic carbocycles. The number of esters is 1. The van der Waals surface area contributed by atoms with Crippen LogP contribution in [0.15, 0.2) is 24.3 Å². The number of hydrogen-bond donors (Lipinski definition) is 1. The van der Waals surface area contributed by atoms with Crippen LogP contribution in [-0.2, 0) is 9.53 Å². The van der Waals surface area contributed by atoms with Gasteiger partial charge in [-0.3, -0.25) is 0 Å². The van der Waals surface area contributed by atoms with Crippen molar-refractivity contribution in [1.29, 1.82) is 0 Å². The monoisotopic (exact) mass is 309 g/mol. The fourth-order valence-electron chi connectivity index (χ4n) is 3.27. The lowest BCUT2D eigenvalue weighted by atomic mass is 9.68. The van der Waals surface area contributed by atoms with E-state index in [-0.39, 0.29) is 11.4 Å². The van der Waals surface area contributed by atoms with Gasteiger partial charge in [-0.15, -0.1) is 0 Å². The Morgan fingerprint density at radius 3 is 2.52 bits per heavy atom. The standard InChI is InChI=1S/C17H24ClNO2/c1-4-21-15(20)17(11-5-10-16(2,3)12-17)19-14-8-6-13(18)7-9-14/h6-9,19H,4-5,10-12H2,1-3H3. The van der Waals surface area contributed by atoms with Crippen molar-refractivity contribution >= 4 is 23.3 Å². The van der Waals surface area contributed by atoms with Crippen molar-refractivity contribution in [2.45, 2.75) is 52.0 Å². The van der Waals surface area contributed by atoms with Gasteiger partial charge in [0.15, 0.2) is 0 Å². The van der Waals surface area contributed by atoms with Crippen LogP contribution in [-0.4, -0.2) is 18.1 Å². The van der Waals surface area contributed by atoms with Crippen LogP contribution in [0.25, 0.3) is 0 Å². The van der Waals surface area contributed by atoms with Gasteiger partial charge in [0.2, 0.25) is 0 Å². The van der Waals surface area contributed by atoms with Crippen molar-refractivity contribution in [2.24, 2.45) is 5.41 Å². The topological polar surface area (TPSA) is 38.3 Å². The fourth-order valence-corrected chi connectivity index (χ4v) is 3.40. The highest BCUT2D eigenvalue weighted by Gasteiger charge is 2.46.